The summed E-state index contributed by atoms with van der Waals surface area (Å²) in [6.45, 7) is 8.10. The maximum absolute atomic E-state index is 5.69. The van der Waals surface area contributed by atoms with E-state index in [0.717, 1.165) is 43.8 Å². The fourth-order valence-corrected chi connectivity index (χ4v) is 2.78. The molecule has 0 spiro atoms. The van der Waals surface area contributed by atoms with E-state index in [2.05, 4.69) is 34.4 Å². The van der Waals surface area contributed by atoms with Gasteiger partial charge >= 0.3 is 0 Å². The first-order chi connectivity index (χ1) is 11.7. The van der Waals surface area contributed by atoms with Crippen LogP contribution in [0.15, 0.2) is 35.3 Å². The quantitative estimate of drug-likeness (QED) is 0.244. The molecule has 0 heterocycles. The molecule has 0 amide bonds. The molecule has 0 atom stereocenters. The van der Waals surface area contributed by atoms with Crippen molar-refractivity contribution in [1.29, 1.82) is 0 Å². The number of nitrogens with one attached hydrogen (secondary N) is 2. The number of hydrogen-bond donors (Lipinski definition) is 2. The highest BCUT2D eigenvalue weighted by atomic mass is 127. The van der Waals surface area contributed by atoms with Gasteiger partial charge in [0.2, 0.25) is 0 Å². The largest absolute Gasteiger partial charge is 0.494 e. The second-order valence-corrected chi connectivity index (χ2v) is 6.50. The molecule has 2 N–H and O–H groups in total. The molecule has 1 fully saturated rings. The van der Waals surface area contributed by atoms with Crippen molar-refractivity contribution >= 4 is 29.9 Å². The molecule has 1 aliphatic rings. The van der Waals surface area contributed by atoms with Crippen molar-refractivity contribution in [1.82, 2.24) is 15.5 Å². The number of halogens is 1. The predicted molar refractivity (Wildman–Crippen MR) is 116 cm³/mol. The third-order valence-corrected chi connectivity index (χ3v) is 4.19. The number of guanidine groups is 1. The molecule has 5 nitrogen and oxygen atoms in total. The SMILES string of the molecule is CN=C(NCCCOc1ccccc1)NCCN(C(C)C)C1CC1.I. The smallest absolute Gasteiger partial charge is 0.191 e. The first-order valence-electron chi connectivity index (χ1n) is 9.09. The number of hydrogen-bond acceptors (Lipinski definition) is 3. The van der Waals surface area contributed by atoms with Gasteiger partial charge in [0.15, 0.2) is 5.96 Å². The number of nitrogens with zero attached hydrogens (tertiary/aromatic N) is 2. The number of ether oxygens (including phenoxy) is 1. The maximum Gasteiger partial charge on any atom is 0.191 e. The summed E-state index contributed by atoms with van der Waals surface area (Å²) in [6.07, 6.45) is 3.65. The van der Waals surface area contributed by atoms with Crippen LogP contribution >= 0.6 is 24.0 Å². The fourth-order valence-electron chi connectivity index (χ4n) is 2.78. The van der Waals surface area contributed by atoms with E-state index >= 15 is 0 Å². The summed E-state index contributed by atoms with van der Waals surface area (Å²) < 4.78 is 5.69. The molecule has 0 aliphatic heterocycles. The highest BCUT2D eigenvalue weighted by Gasteiger charge is 2.29. The van der Waals surface area contributed by atoms with E-state index < -0.39 is 0 Å². The zero-order valence-electron chi connectivity index (χ0n) is 15.7. The molecule has 0 radical (unpaired) electrons. The minimum absolute atomic E-state index is 0. The Morgan fingerprint density at radius 3 is 2.48 bits per heavy atom. The molecule has 0 bridgehead atoms. The topological polar surface area (TPSA) is 48.9 Å². The summed E-state index contributed by atoms with van der Waals surface area (Å²) in [6, 6.07) is 11.3. The molecule has 1 aromatic carbocycles. The van der Waals surface area contributed by atoms with Crippen LogP contribution in [0.3, 0.4) is 0 Å². The Bertz CT molecular complexity index is 489. The van der Waals surface area contributed by atoms with Gasteiger partial charge in [-0.3, -0.25) is 9.89 Å². The minimum atomic E-state index is 0. The molecule has 142 valence electrons. The van der Waals surface area contributed by atoms with E-state index in [0.29, 0.717) is 12.6 Å². The van der Waals surface area contributed by atoms with E-state index in [1.54, 1.807) is 0 Å². The average molecular weight is 460 g/mol. The molecular weight excluding hydrogens is 427 g/mol. The van der Waals surface area contributed by atoms with Crippen LogP contribution in [0.5, 0.6) is 5.75 Å². The van der Waals surface area contributed by atoms with Crippen molar-refractivity contribution in [2.45, 2.75) is 45.2 Å². The number of para-hydroxylation sites is 1. The van der Waals surface area contributed by atoms with Crippen LogP contribution in [-0.2, 0) is 0 Å². The Morgan fingerprint density at radius 2 is 1.88 bits per heavy atom. The van der Waals surface area contributed by atoms with Crippen LogP contribution in [0.25, 0.3) is 0 Å². The highest BCUT2D eigenvalue weighted by molar-refractivity contribution is 14.0. The van der Waals surface area contributed by atoms with Crippen LogP contribution in [0, 0.1) is 0 Å². The number of benzene rings is 1. The number of aliphatic imine (C=N–C) groups is 1. The third kappa shape index (κ3) is 8.76. The molecule has 2 rings (SSSR count). The Balaban J connectivity index is 0.00000312. The predicted octanol–water partition coefficient (Wildman–Crippen LogP) is 3.11. The van der Waals surface area contributed by atoms with Crippen molar-refractivity contribution in [3.8, 4) is 5.75 Å². The highest BCUT2D eigenvalue weighted by Crippen LogP contribution is 2.27. The van der Waals surface area contributed by atoms with Crippen LogP contribution < -0.4 is 15.4 Å². The molecule has 0 unspecified atom stereocenters. The molecular formula is C19H33IN4O. The van der Waals surface area contributed by atoms with Gasteiger partial charge in [0, 0.05) is 38.8 Å². The summed E-state index contributed by atoms with van der Waals surface area (Å²) >= 11 is 0. The lowest BCUT2D eigenvalue weighted by Gasteiger charge is -2.26. The van der Waals surface area contributed by atoms with Gasteiger partial charge in [0.05, 0.1) is 6.61 Å². The van der Waals surface area contributed by atoms with Gasteiger partial charge < -0.3 is 15.4 Å². The first-order valence-corrected chi connectivity index (χ1v) is 9.09. The van der Waals surface area contributed by atoms with Crippen molar-refractivity contribution in [3.05, 3.63) is 30.3 Å². The zero-order valence-corrected chi connectivity index (χ0v) is 18.0. The van der Waals surface area contributed by atoms with E-state index in [9.17, 15) is 0 Å². The minimum Gasteiger partial charge on any atom is -0.494 e. The molecule has 25 heavy (non-hydrogen) atoms. The first kappa shape index (κ1) is 22.0. The maximum atomic E-state index is 5.69. The van der Waals surface area contributed by atoms with Gasteiger partial charge in [0.1, 0.15) is 5.75 Å². The van der Waals surface area contributed by atoms with Crippen LogP contribution in [0.4, 0.5) is 0 Å². The monoisotopic (exact) mass is 460 g/mol. The van der Waals surface area contributed by atoms with Gasteiger partial charge in [-0.05, 0) is 45.2 Å². The Morgan fingerprint density at radius 1 is 1.20 bits per heavy atom. The summed E-state index contributed by atoms with van der Waals surface area (Å²) in [5.74, 6) is 1.79. The van der Waals surface area contributed by atoms with Crippen molar-refractivity contribution in [2.75, 3.05) is 33.3 Å². The zero-order chi connectivity index (χ0) is 17.2. The summed E-state index contributed by atoms with van der Waals surface area (Å²) in [5, 5.41) is 6.75. The summed E-state index contributed by atoms with van der Waals surface area (Å²) in [7, 11) is 1.82. The Hall–Kier alpha value is -1.02. The normalized spacial score (nSPS) is 14.4. The van der Waals surface area contributed by atoms with Gasteiger partial charge in [-0.1, -0.05) is 18.2 Å². The second kappa shape index (κ2) is 12.4. The standard InChI is InChI=1S/C19H32N4O.HI/c1-16(2)23(17-10-11-17)14-13-22-19(20-3)21-12-7-15-24-18-8-5-4-6-9-18;/h4-6,8-9,16-17H,7,10-15H2,1-3H3,(H2,20,21,22);1H. The van der Waals surface area contributed by atoms with Crippen LogP contribution in [0.2, 0.25) is 0 Å². The second-order valence-electron chi connectivity index (χ2n) is 6.50. The van der Waals surface area contributed by atoms with Crippen molar-refractivity contribution in [3.63, 3.8) is 0 Å². The van der Waals surface area contributed by atoms with E-state index in [1.165, 1.54) is 12.8 Å². The van der Waals surface area contributed by atoms with Gasteiger partial charge in [-0.25, -0.2) is 0 Å². The summed E-state index contributed by atoms with van der Waals surface area (Å²) in [4.78, 5) is 6.86. The van der Waals surface area contributed by atoms with Crippen molar-refractivity contribution < 1.29 is 4.74 Å². The van der Waals surface area contributed by atoms with E-state index in [1.807, 2.05) is 37.4 Å². The molecule has 6 heteroatoms. The van der Waals surface area contributed by atoms with Gasteiger partial charge in [0.25, 0.3) is 0 Å². The third-order valence-electron chi connectivity index (χ3n) is 4.19. The lowest BCUT2D eigenvalue weighted by molar-refractivity contribution is 0.215. The van der Waals surface area contributed by atoms with Crippen molar-refractivity contribution in [2.24, 2.45) is 4.99 Å². The van der Waals surface area contributed by atoms with Gasteiger partial charge in [-0.15, -0.1) is 24.0 Å². The Kier molecular flexibility index (Phi) is 10.9. The average Bonchev–Trinajstić information content (AvgIpc) is 3.42. The molecule has 1 saturated carbocycles. The molecule has 0 aromatic heterocycles. The van der Waals surface area contributed by atoms with Crippen LogP contribution in [-0.4, -0.2) is 56.2 Å². The number of rotatable bonds is 10. The lowest BCUT2D eigenvalue weighted by Crippen LogP contribution is -2.44. The lowest BCUT2D eigenvalue weighted by atomic mass is 10.3. The van der Waals surface area contributed by atoms with E-state index in [-0.39, 0.29) is 24.0 Å². The Labute approximate surface area is 169 Å². The summed E-state index contributed by atoms with van der Waals surface area (Å²) in [5.41, 5.74) is 0. The molecule has 1 aromatic rings. The van der Waals surface area contributed by atoms with E-state index in [4.69, 9.17) is 4.74 Å². The fraction of sp³-hybridized carbons (Fsp3) is 0.632. The molecule has 0 saturated heterocycles. The molecule has 1 aliphatic carbocycles. The van der Waals surface area contributed by atoms with Crippen LogP contribution in [0.1, 0.15) is 33.1 Å². The van der Waals surface area contributed by atoms with Gasteiger partial charge in [-0.2, -0.15) is 0 Å².